The number of anilines is 1. The number of hydrogen-bond donors (Lipinski definition) is 1. The monoisotopic (exact) mass is 258 g/mol. The summed E-state index contributed by atoms with van der Waals surface area (Å²) in [5.41, 5.74) is -0.427. The van der Waals surface area contributed by atoms with Gasteiger partial charge < -0.3 is 10.2 Å². The van der Waals surface area contributed by atoms with Gasteiger partial charge in [-0.05, 0) is 31.2 Å². The molecule has 1 aromatic rings. The third kappa shape index (κ3) is 2.81. The predicted molar refractivity (Wildman–Crippen MR) is 61.3 cm³/mol. The maximum Gasteiger partial charge on any atom is 0.416 e. The summed E-state index contributed by atoms with van der Waals surface area (Å²) in [7, 11) is 0. The molecule has 0 aromatic heterocycles. The Morgan fingerprint density at radius 2 is 2.06 bits per heavy atom. The standard InChI is InChI=1S/C12H13F3N2O/c13-12(14,15)9-3-1-4-10(7-9)17-6-2-5-16-8-11(17)18/h1,3-4,7,16H,2,5-6,8H2. The molecule has 0 saturated carbocycles. The van der Waals surface area contributed by atoms with Gasteiger partial charge in [-0.1, -0.05) is 6.07 Å². The summed E-state index contributed by atoms with van der Waals surface area (Å²) in [6.07, 6.45) is -3.66. The van der Waals surface area contributed by atoms with Crippen molar-refractivity contribution in [1.82, 2.24) is 5.32 Å². The quantitative estimate of drug-likeness (QED) is 0.836. The lowest BCUT2D eigenvalue weighted by Gasteiger charge is -2.21. The minimum atomic E-state index is -4.39. The highest BCUT2D eigenvalue weighted by Crippen LogP contribution is 2.31. The summed E-state index contributed by atoms with van der Waals surface area (Å²) in [4.78, 5) is 13.2. The van der Waals surface area contributed by atoms with E-state index in [-0.39, 0.29) is 12.5 Å². The average Bonchev–Trinajstić information content (AvgIpc) is 2.53. The van der Waals surface area contributed by atoms with Gasteiger partial charge in [0.25, 0.3) is 0 Å². The van der Waals surface area contributed by atoms with Crippen LogP contribution in [-0.4, -0.2) is 25.5 Å². The molecule has 1 aliphatic rings. The van der Waals surface area contributed by atoms with Crippen molar-refractivity contribution in [1.29, 1.82) is 0 Å². The van der Waals surface area contributed by atoms with Crippen LogP contribution in [0.25, 0.3) is 0 Å². The van der Waals surface area contributed by atoms with Crippen molar-refractivity contribution >= 4 is 11.6 Å². The zero-order chi connectivity index (χ0) is 13.2. The van der Waals surface area contributed by atoms with Gasteiger partial charge >= 0.3 is 6.18 Å². The Morgan fingerprint density at radius 1 is 1.28 bits per heavy atom. The van der Waals surface area contributed by atoms with E-state index in [0.717, 1.165) is 18.6 Å². The molecule has 2 rings (SSSR count). The van der Waals surface area contributed by atoms with E-state index >= 15 is 0 Å². The zero-order valence-corrected chi connectivity index (χ0v) is 9.63. The lowest BCUT2D eigenvalue weighted by atomic mass is 10.1. The van der Waals surface area contributed by atoms with E-state index in [1.54, 1.807) is 0 Å². The number of nitrogens with zero attached hydrogens (tertiary/aromatic N) is 1. The number of carbonyl (C=O) groups is 1. The molecule has 18 heavy (non-hydrogen) atoms. The smallest absolute Gasteiger partial charge is 0.311 e. The van der Waals surface area contributed by atoms with Crippen molar-refractivity contribution in [3.05, 3.63) is 29.8 Å². The van der Waals surface area contributed by atoms with Crippen LogP contribution in [0.3, 0.4) is 0 Å². The molecular weight excluding hydrogens is 245 g/mol. The average molecular weight is 258 g/mol. The molecule has 98 valence electrons. The van der Waals surface area contributed by atoms with E-state index in [0.29, 0.717) is 18.8 Å². The third-order valence-corrected chi connectivity index (χ3v) is 2.80. The van der Waals surface area contributed by atoms with Crippen LogP contribution in [0.2, 0.25) is 0 Å². The molecule has 1 aliphatic heterocycles. The summed E-state index contributed by atoms with van der Waals surface area (Å²) in [6.45, 7) is 1.30. The second kappa shape index (κ2) is 4.97. The third-order valence-electron chi connectivity index (χ3n) is 2.80. The second-order valence-electron chi connectivity index (χ2n) is 4.12. The minimum absolute atomic E-state index is 0.163. The predicted octanol–water partition coefficient (Wildman–Crippen LogP) is 2.03. The van der Waals surface area contributed by atoms with Gasteiger partial charge in [-0.25, -0.2) is 0 Å². The van der Waals surface area contributed by atoms with Crippen LogP contribution < -0.4 is 10.2 Å². The van der Waals surface area contributed by atoms with Gasteiger partial charge in [0, 0.05) is 12.2 Å². The first-order valence-corrected chi connectivity index (χ1v) is 5.67. The highest BCUT2D eigenvalue weighted by molar-refractivity contribution is 5.95. The Bertz CT molecular complexity index is 445. The van der Waals surface area contributed by atoms with Crippen LogP contribution in [0, 0.1) is 0 Å². The van der Waals surface area contributed by atoms with Gasteiger partial charge in [0.05, 0.1) is 12.1 Å². The van der Waals surface area contributed by atoms with E-state index in [2.05, 4.69) is 5.32 Å². The molecule has 0 atom stereocenters. The molecule has 1 N–H and O–H groups in total. The van der Waals surface area contributed by atoms with Gasteiger partial charge in [-0.15, -0.1) is 0 Å². The molecule has 1 aromatic carbocycles. The molecule has 0 aliphatic carbocycles. The summed E-state index contributed by atoms with van der Waals surface area (Å²) < 4.78 is 37.8. The first-order chi connectivity index (χ1) is 8.48. The summed E-state index contributed by atoms with van der Waals surface area (Å²) in [6, 6.07) is 4.87. The molecule has 6 heteroatoms. The number of hydrogen-bond acceptors (Lipinski definition) is 2. The van der Waals surface area contributed by atoms with E-state index < -0.39 is 11.7 Å². The first kappa shape index (κ1) is 12.9. The lowest BCUT2D eigenvalue weighted by Crippen LogP contribution is -2.34. The summed E-state index contributed by atoms with van der Waals surface area (Å²) in [5.74, 6) is -0.202. The number of amides is 1. The Labute approximate surface area is 103 Å². The van der Waals surface area contributed by atoms with Gasteiger partial charge in [0.2, 0.25) is 5.91 Å². The maximum atomic E-state index is 12.6. The highest BCUT2D eigenvalue weighted by Gasteiger charge is 2.31. The van der Waals surface area contributed by atoms with Crippen LogP contribution in [0.5, 0.6) is 0 Å². The van der Waals surface area contributed by atoms with Crippen molar-refractivity contribution in [2.75, 3.05) is 24.5 Å². The molecule has 1 fully saturated rings. The number of rotatable bonds is 1. The molecule has 0 bridgehead atoms. The van der Waals surface area contributed by atoms with Crippen molar-refractivity contribution in [3.8, 4) is 0 Å². The highest BCUT2D eigenvalue weighted by atomic mass is 19.4. The van der Waals surface area contributed by atoms with Crippen LogP contribution in [0.4, 0.5) is 18.9 Å². The second-order valence-corrected chi connectivity index (χ2v) is 4.12. The molecule has 3 nitrogen and oxygen atoms in total. The largest absolute Gasteiger partial charge is 0.416 e. The Morgan fingerprint density at radius 3 is 2.78 bits per heavy atom. The van der Waals surface area contributed by atoms with Crippen LogP contribution in [0.1, 0.15) is 12.0 Å². The lowest BCUT2D eigenvalue weighted by molar-refractivity contribution is -0.137. The molecule has 0 spiro atoms. The fraction of sp³-hybridized carbons (Fsp3) is 0.417. The Kier molecular flexibility index (Phi) is 3.56. The Balaban J connectivity index is 2.29. The number of alkyl halides is 3. The molecule has 1 saturated heterocycles. The fourth-order valence-corrected chi connectivity index (χ4v) is 1.90. The Hall–Kier alpha value is -1.56. The number of halogens is 3. The van der Waals surface area contributed by atoms with Gasteiger partial charge in [-0.2, -0.15) is 13.2 Å². The summed E-state index contributed by atoms with van der Waals surface area (Å²) in [5, 5.41) is 2.93. The van der Waals surface area contributed by atoms with Crippen LogP contribution in [0.15, 0.2) is 24.3 Å². The molecule has 1 heterocycles. The maximum absolute atomic E-state index is 12.6. The van der Waals surface area contributed by atoms with Gasteiger partial charge in [0.15, 0.2) is 0 Å². The van der Waals surface area contributed by atoms with Crippen molar-refractivity contribution in [2.24, 2.45) is 0 Å². The van der Waals surface area contributed by atoms with E-state index in [1.165, 1.54) is 17.0 Å². The van der Waals surface area contributed by atoms with Crippen molar-refractivity contribution < 1.29 is 18.0 Å². The molecular formula is C12H13F3N2O. The van der Waals surface area contributed by atoms with Crippen LogP contribution >= 0.6 is 0 Å². The molecule has 0 unspecified atom stereocenters. The van der Waals surface area contributed by atoms with Crippen molar-refractivity contribution in [2.45, 2.75) is 12.6 Å². The molecule has 0 radical (unpaired) electrons. The topological polar surface area (TPSA) is 32.3 Å². The number of nitrogens with one attached hydrogen (secondary N) is 1. The zero-order valence-electron chi connectivity index (χ0n) is 9.63. The number of benzene rings is 1. The van der Waals surface area contributed by atoms with Crippen molar-refractivity contribution in [3.63, 3.8) is 0 Å². The normalized spacial score (nSPS) is 17.7. The molecule has 1 amide bonds. The summed E-state index contributed by atoms with van der Waals surface area (Å²) >= 11 is 0. The SMILES string of the molecule is O=C1CNCCCN1c1cccc(C(F)(F)F)c1. The van der Waals surface area contributed by atoms with E-state index in [9.17, 15) is 18.0 Å². The van der Waals surface area contributed by atoms with Gasteiger partial charge in [0.1, 0.15) is 0 Å². The van der Waals surface area contributed by atoms with E-state index in [4.69, 9.17) is 0 Å². The first-order valence-electron chi connectivity index (χ1n) is 5.67. The van der Waals surface area contributed by atoms with Gasteiger partial charge in [-0.3, -0.25) is 4.79 Å². The minimum Gasteiger partial charge on any atom is -0.311 e. The van der Waals surface area contributed by atoms with E-state index in [1.807, 2.05) is 0 Å². The van der Waals surface area contributed by atoms with Crippen LogP contribution in [-0.2, 0) is 11.0 Å². The number of carbonyl (C=O) groups excluding carboxylic acids is 1. The fourth-order valence-electron chi connectivity index (χ4n) is 1.90.